The van der Waals surface area contributed by atoms with E-state index in [1.807, 2.05) is 0 Å². The minimum Gasteiger partial charge on any atom is -0.493 e. The SMILES string of the molecule is COc1ccccc1Oc1ccc(Cl)cc1NS(=O)(=O)c1ccc(Cl)cc1. The standard InChI is InChI=1S/C19H15Cl2NO4S/c1-25-18-4-2-3-5-19(18)26-17-11-8-14(21)12-16(17)22-27(23,24)15-9-6-13(20)7-10-15/h2-12,22H,1H3. The third-order valence-corrected chi connectivity index (χ3v) is 5.47. The number of ether oxygens (including phenoxy) is 2. The molecule has 0 aliphatic rings. The van der Waals surface area contributed by atoms with Gasteiger partial charge in [0.2, 0.25) is 0 Å². The Labute approximate surface area is 167 Å². The number of anilines is 1. The van der Waals surface area contributed by atoms with Crippen molar-refractivity contribution >= 4 is 38.9 Å². The van der Waals surface area contributed by atoms with Crippen LogP contribution in [0, 0.1) is 0 Å². The number of benzene rings is 3. The van der Waals surface area contributed by atoms with Crippen LogP contribution in [0.3, 0.4) is 0 Å². The first-order valence-electron chi connectivity index (χ1n) is 7.78. The molecule has 3 aromatic rings. The van der Waals surface area contributed by atoms with Crippen molar-refractivity contribution < 1.29 is 17.9 Å². The molecule has 3 rings (SSSR count). The van der Waals surface area contributed by atoms with E-state index in [-0.39, 0.29) is 16.3 Å². The predicted molar refractivity (Wildman–Crippen MR) is 107 cm³/mol. The van der Waals surface area contributed by atoms with Gasteiger partial charge in [0.15, 0.2) is 17.2 Å². The molecule has 8 heteroatoms. The second kappa shape index (κ2) is 8.08. The van der Waals surface area contributed by atoms with Crippen LogP contribution >= 0.6 is 23.2 Å². The maximum absolute atomic E-state index is 12.7. The molecule has 0 saturated heterocycles. The lowest BCUT2D eigenvalue weighted by molar-refractivity contribution is 0.379. The van der Waals surface area contributed by atoms with Crippen molar-refractivity contribution in [2.45, 2.75) is 4.90 Å². The minimum atomic E-state index is -3.86. The second-order valence-corrected chi connectivity index (χ2v) is 8.01. The Morgan fingerprint density at radius 3 is 2.11 bits per heavy atom. The molecule has 0 aliphatic heterocycles. The largest absolute Gasteiger partial charge is 0.493 e. The molecule has 1 N–H and O–H groups in total. The topological polar surface area (TPSA) is 64.6 Å². The third kappa shape index (κ3) is 4.66. The summed E-state index contributed by atoms with van der Waals surface area (Å²) in [7, 11) is -2.33. The van der Waals surface area contributed by atoms with Crippen molar-refractivity contribution in [1.82, 2.24) is 0 Å². The van der Waals surface area contributed by atoms with E-state index in [0.29, 0.717) is 21.5 Å². The van der Waals surface area contributed by atoms with E-state index in [2.05, 4.69) is 4.72 Å². The van der Waals surface area contributed by atoms with Gasteiger partial charge in [-0.15, -0.1) is 0 Å². The van der Waals surface area contributed by atoms with Crippen molar-refractivity contribution in [3.8, 4) is 17.2 Å². The molecule has 0 spiro atoms. The van der Waals surface area contributed by atoms with Crippen LogP contribution in [0.1, 0.15) is 0 Å². The summed E-state index contributed by atoms with van der Waals surface area (Å²) in [6, 6.07) is 17.5. The normalized spacial score (nSPS) is 11.1. The quantitative estimate of drug-likeness (QED) is 0.560. The summed E-state index contributed by atoms with van der Waals surface area (Å²) >= 11 is 11.9. The van der Waals surface area contributed by atoms with Crippen LogP contribution in [-0.2, 0) is 10.0 Å². The summed E-state index contributed by atoms with van der Waals surface area (Å²) in [6.45, 7) is 0. The fourth-order valence-corrected chi connectivity index (χ4v) is 3.67. The zero-order valence-corrected chi connectivity index (χ0v) is 16.5. The Morgan fingerprint density at radius 2 is 1.44 bits per heavy atom. The molecule has 5 nitrogen and oxygen atoms in total. The summed E-state index contributed by atoms with van der Waals surface area (Å²) in [5, 5.41) is 0.799. The molecule has 27 heavy (non-hydrogen) atoms. The van der Waals surface area contributed by atoms with Crippen LogP contribution in [0.25, 0.3) is 0 Å². The zero-order chi connectivity index (χ0) is 19.4. The Hall–Kier alpha value is -2.41. The van der Waals surface area contributed by atoms with Crippen LogP contribution in [-0.4, -0.2) is 15.5 Å². The number of para-hydroxylation sites is 2. The number of halogens is 2. The highest BCUT2D eigenvalue weighted by molar-refractivity contribution is 7.92. The van der Waals surface area contributed by atoms with Gasteiger partial charge in [-0.25, -0.2) is 8.42 Å². The van der Waals surface area contributed by atoms with Gasteiger partial charge >= 0.3 is 0 Å². The van der Waals surface area contributed by atoms with E-state index in [0.717, 1.165) is 0 Å². The van der Waals surface area contributed by atoms with Crippen LogP contribution < -0.4 is 14.2 Å². The van der Waals surface area contributed by atoms with Crippen molar-refractivity contribution in [1.29, 1.82) is 0 Å². The van der Waals surface area contributed by atoms with E-state index in [1.165, 1.54) is 37.4 Å². The van der Waals surface area contributed by atoms with Crippen LogP contribution in [0.5, 0.6) is 17.2 Å². The number of hydrogen-bond acceptors (Lipinski definition) is 4. The molecule has 0 radical (unpaired) electrons. The van der Waals surface area contributed by atoms with Crippen molar-refractivity contribution in [2.75, 3.05) is 11.8 Å². The molecule has 0 heterocycles. The maximum Gasteiger partial charge on any atom is 0.262 e. The number of rotatable bonds is 6. The lowest BCUT2D eigenvalue weighted by Gasteiger charge is -2.15. The minimum absolute atomic E-state index is 0.0649. The molecule has 3 aromatic carbocycles. The lowest BCUT2D eigenvalue weighted by Crippen LogP contribution is -2.13. The average Bonchev–Trinajstić information content (AvgIpc) is 2.64. The molecule has 0 unspecified atom stereocenters. The molecule has 140 valence electrons. The molecule has 0 aromatic heterocycles. The molecular formula is C19H15Cl2NO4S. The van der Waals surface area contributed by atoms with Crippen LogP contribution in [0.15, 0.2) is 71.6 Å². The molecule has 0 aliphatic carbocycles. The van der Waals surface area contributed by atoms with E-state index in [1.54, 1.807) is 36.4 Å². The Kier molecular flexibility index (Phi) is 5.79. The van der Waals surface area contributed by atoms with Crippen molar-refractivity contribution in [3.63, 3.8) is 0 Å². The van der Waals surface area contributed by atoms with Gasteiger partial charge in [0.25, 0.3) is 10.0 Å². The first-order valence-corrected chi connectivity index (χ1v) is 10.0. The van der Waals surface area contributed by atoms with Gasteiger partial charge < -0.3 is 9.47 Å². The van der Waals surface area contributed by atoms with Gasteiger partial charge in [-0.1, -0.05) is 35.3 Å². The summed E-state index contributed by atoms with van der Waals surface area (Å²) in [5.74, 6) is 1.23. The fourth-order valence-electron chi connectivity index (χ4n) is 2.31. The molecule has 0 amide bonds. The summed E-state index contributed by atoms with van der Waals surface area (Å²) < 4.78 is 39.0. The van der Waals surface area contributed by atoms with Gasteiger partial charge in [-0.2, -0.15) is 0 Å². The summed E-state index contributed by atoms with van der Waals surface area (Å²) in [6.07, 6.45) is 0. The maximum atomic E-state index is 12.7. The highest BCUT2D eigenvalue weighted by atomic mass is 35.5. The molecule has 0 bridgehead atoms. The predicted octanol–water partition coefficient (Wildman–Crippen LogP) is 5.60. The average molecular weight is 424 g/mol. The van der Waals surface area contributed by atoms with E-state index < -0.39 is 10.0 Å². The zero-order valence-electron chi connectivity index (χ0n) is 14.1. The first-order chi connectivity index (χ1) is 12.9. The Balaban J connectivity index is 1.96. The van der Waals surface area contributed by atoms with Gasteiger partial charge in [0.05, 0.1) is 17.7 Å². The highest BCUT2D eigenvalue weighted by Crippen LogP contribution is 2.37. The van der Waals surface area contributed by atoms with Gasteiger partial charge in [-0.3, -0.25) is 4.72 Å². The molecule has 0 fully saturated rings. The van der Waals surface area contributed by atoms with E-state index in [9.17, 15) is 8.42 Å². The number of sulfonamides is 1. The third-order valence-electron chi connectivity index (χ3n) is 3.60. The first kappa shape index (κ1) is 19.4. The van der Waals surface area contributed by atoms with Gasteiger partial charge in [-0.05, 0) is 54.6 Å². The Morgan fingerprint density at radius 1 is 0.815 bits per heavy atom. The second-order valence-electron chi connectivity index (χ2n) is 5.45. The lowest BCUT2D eigenvalue weighted by atomic mass is 10.3. The monoisotopic (exact) mass is 423 g/mol. The Bertz CT molecular complexity index is 1050. The van der Waals surface area contributed by atoms with Crippen LogP contribution in [0.4, 0.5) is 5.69 Å². The van der Waals surface area contributed by atoms with E-state index >= 15 is 0 Å². The molecule has 0 saturated carbocycles. The fraction of sp³-hybridized carbons (Fsp3) is 0.0526. The van der Waals surface area contributed by atoms with Crippen LogP contribution in [0.2, 0.25) is 10.0 Å². The highest BCUT2D eigenvalue weighted by Gasteiger charge is 2.18. The van der Waals surface area contributed by atoms with Crippen molar-refractivity contribution in [3.05, 3.63) is 76.8 Å². The summed E-state index contributed by atoms with van der Waals surface area (Å²) in [4.78, 5) is 0.0649. The smallest absolute Gasteiger partial charge is 0.262 e. The van der Waals surface area contributed by atoms with Gasteiger partial charge in [0, 0.05) is 10.0 Å². The number of nitrogens with one attached hydrogen (secondary N) is 1. The van der Waals surface area contributed by atoms with Crippen molar-refractivity contribution in [2.24, 2.45) is 0 Å². The molecule has 0 atom stereocenters. The number of methoxy groups -OCH3 is 1. The van der Waals surface area contributed by atoms with E-state index in [4.69, 9.17) is 32.7 Å². The van der Waals surface area contributed by atoms with Gasteiger partial charge in [0.1, 0.15) is 0 Å². The summed E-state index contributed by atoms with van der Waals surface area (Å²) in [5.41, 5.74) is 0.198. The number of hydrogen-bond donors (Lipinski definition) is 1. The molecular weight excluding hydrogens is 409 g/mol.